The largest absolute Gasteiger partial charge is 0.367 e. The van der Waals surface area contributed by atoms with Gasteiger partial charge in [-0.05, 0) is 18.9 Å². The maximum Gasteiger partial charge on any atom is 0.248 e. The van der Waals surface area contributed by atoms with Gasteiger partial charge in [-0.1, -0.05) is 19.3 Å². The summed E-state index contributed by atoms with van der Waals surface area (Å²) in [6.07, 6.45) is 10.1. The number of nitrogens with zero attached hydrogens (tertiary/aromatic N) is 4. The molecule has 0 spiro atoms. The summed E-state index contributed by atoms with van der Waals surface area (Å²) in [5.41, 5.74) is 2.23. The van der Waals surface area contributed by atoms with Crippen molar-refractivity contribution in [3.63, 3.8) is 0 Å². The molecule has 0 amide bonds. The lowest BCUT2D eigenvalue weighted by Crippen LogP contribution is -2.47. The molecule has 132 valence electrons. The van der Waals surface area contributed by atoms with Crippen molar-refractivity contribution in [2.75, 3.05) is 36.0 Å². The normalized spacial score (nSPS) is 19.2. The summed E-state index contributed by atoms with van der Waals surface area (Å²) in [5.74, 6) is 1.66. The summed E-state index contributed by atoms with van der Waals surface area (Å²) >= 11 is 0. The van der Waals surface area contributed by atoms with Crippen LogP contribution < -0.4 is 15.4 Å². The van der Waals surface area contributed by atoms with E-state index in [2.05, 4.69) is 30.8 Å². The molecule has 2 aromatic heterocycles. The number of rotatable bonds is 3. The number of aromatic amines is 1. The van der Waals surface area contributed by atoms with Crippen LogP contribution in [0, 0.1) is 0 Å². The summed E-state index contributed by atoms with van der Waals surface area (Å²) in [6.45, 7) is 3.71. The number of aromatic nitrogens is 3. The predicted octanol–water partition coefficient (Wildman–Crippen LogP) is 2.54. The minimum atomic E-state index is -0.0568. The quantitative estimate of drug-likeness (QED) is 0.931. The SMILES string of the molecule is O=c1ccc(N2CCN(c3cc(C4CCCCC4)ncn3)CC2)c[nH]1. The number of pyridine rings is 1. The molecular formula is C19H25N5O. The van der Waals surface area contributed by atoms with E-state index in [0.29, 0.717) is 5.92 Å². The third kappa shape index (κ3) is 3.67. The zero-order valence-electron chi connectivity index (χ0n) is 14.5. The van der Waals surface area contributed by atoms with Crippen molar-refractivity contribution >= 4 is 11.5 Å². The first-order valence-corrected chi connectivity index (χ1v) is 9.30. The number of piperazine rings is 1. The van der Waals surface area contributed by atoms with E-state index in [1.807, 2.05) is 6.07 Å². The van der Waals surface area contributed by atoms with Crippen LogP contribution in [0.5, 0.6) is 0 Å². The van der Waals surface area contributed by atoms with Gasteiger partial charge < -0.3 is 14.8 Å². The molecule has 3 heterocycles. The maximum atomic E-state index is 11.2. The molecule has 4 rings (SSSR count). The minimum Gasteiger partial charge on any atom is -0.367 e. The molecule has 1 saturated heterocycles. The van der Waals surface area contributed by atoms with E-state index in [9.17, 15) is 4.79 Å². The standard InChI is InChI=1S/C19H25N5O/c25-19-7-6-16(13-20-19)23-8-10-24(11-9-23)18-12-17(21-14-22-18)15-4-2-1-3-5-15/h6-7,12-15H,1-5,8-11H2,(H,20,25). The molecule has 0 bridgehead atoms. The molecule has 2 aromatic rings. The van der Waals surface area contributed by atoms with Gasteiger partial charge in [0.2, 0.25) is 5.56 Å². The third-order valence-corrected chi connectivity index (χ3v) is 5.43. The van der Waals surface area contributed by atoms with E-state index in [4.69, 9.17) is 0 Å². The van der Waals surface area contributed by atoms with Crippen LogP contribution in [0.25, 0.3) is 0 Å². The summed E-state index contributed by atoms with van der Waals surface area (Å²) in [7, 11) is 0. The van der Waals surface area contributed by atoms with Crippen molar-refractivity contribution in [1.29, 1.82) is 0 Å². The van der Waals surface area contributed by atoms with E-state index in [1.165, 1.54) is 37.8 Å². The van der Waals surface area contributed by atoms with Gasteiger partial charge in [0.25, 0.3) is 0 Å². The summed E-state index contributed by atoms with van der Waals surface area (Å²) < 4.78 is 0. The topological polar surface area (TPSA) is 65.1 Å². The Bertz CT molecular complexity index is 740. The lowest BCUT2D eigenvalue weighted by Gasteiger charge is -2.36. The van der Waals surface area contributed by atoms with Crippen molar-refractivity contribution < 1.29 is 0 Å². The maximum absolute atomic E-state index is 11.2. The van der Waals surface area contributed by atoms with Crippen LogP contribution in [0.1, 0.15) is 43.7 Å². The van der Waals surface area contributed by atoms with E-state index < -0.39 is 0 Å². The van der Waals surface area contributed by atoms with Gasteiger partial charge in [0, 0.05) is 56.1 Å². The molecule has 0 radical (unpaired) electrons. The molecule has 1 aliphatic heterocycles. The minimum absolute atomic E-state index is 0.0568. The fraction of sp³-hybridized carbons (Fsp3) is 0.526. The predicted molar refractivity (Wildman–Crippen MR) is 99.3 cm³/mol. The molecule has 25 heavy (non-hydrogen) atoms. The second-order valence-corrected chi connectivity index (χ2v) is 7.02. The second kappa shape index (κ2) is 7.25. The van der Waals surface area contributed by atoms with Crippen LogP contribution in [-0.2, 0) is 0 Å². The summed E-state index contributed by atoms with van der Waals surface area (Å²) in [5, 5.41) is 0. The number of hydrogen-bond donors (Lipinski definition) is 1. The number of anilines is 2. The first-order valence-electron chi connectivity index (χ1n) is 9.30. The Morgan fingerprint density at radius 3 is 2.44 bits per heavy atom. The molecule has 6 heteroatoms. The highest BCUT2D eigenvalue weighted by Crippen LogP contribution is 2.32. The second-order valence-electron chi connectivity index (χ2n) is 7.02. The van der Waals surface area contributed by atoms with Gasteiger partial charge in [0.05, 0.1) is 5.69 Å². The Morgan fingerprint density at radius 1 is 0.960 bits per heavy atom. The van der Waals surface area contributed by atoms with Crippen LogP contribution in [0.2, 0.25) is 0 Å². The number of hydrogen-bond acceptors (Lipinski definition) is 5. The van der Waals surface area contributed by atoms with Crippen LogP contribution in [-0.4, -0.2) is 41.1 Å². The molecule has 2 fully saturated rings. The lowest BCUT2D eigenvalue weighted by atomic mass is 9.87. The Labute approximate surface area is 147 Å². The third-order valence-electron chi connectivity index (χ3n) is 5.43. The molecule has 2 aliphatic rings. The van der Waals surface area contributed by atoms with Gasteiger partial charge >= 0.3 is 0 Å². The Morgan fingerprint density at radius 2 is 1.72 bits per heavy atom. The van der Waals surface area contributed by atoms with Crippen molar-refractivity contribution in [3.05, 3.63) is 46.8 Å². The lowest BCUT2D eigenvalue weighted by molar-refractivity contribution is 0.436. The molecule has 1 aliphatic carbocycles. The van der Waals surface area contributed by atoms with Crippen LogP contribution in [0.3, 0.4) is 0 Å². The highest BCUT2D eigenvalue weighted by molar-refractivity contribution is 5.48. The Hall–Kier alpha value is -2.37. The first kappa shape index (κ1) is 16.1. The van der Waals surface area contributed by atoms with Crippen molar-refractivity contribution in [2.45, 2.75) is 38.0 Å². The molecule has 6 nitrogen and oxygen atoms in total. The van der Waals surface area contributed by atoms with E-state index in [-0.39, 0.29) is 5.56 Å². The smallest absolute Gasteiger partial charge is 0.248 e. The van der Waals surface area contributed by atoms with Gasteiger partial charge in [0.15, 0.2) is 0 Å². The monoisotopic (exact) mass is 339 g/mol. The van der Waals surface area contributed by atoms with Gasteiger partial charge in [-0.15, -0.1) is 0 Å². The van der Waals surface area contributed by atoms with Crippen molar-refractivity contribution in [3.8, 4) is 0 Å². The fourth-order valence-corrected chi connectivity index (χ4v) is 3.95. The molecule has 0 aromatic carbocycles. The summed E-state index contributed by atoms with van der Waals surface area (Å²) in [4.78, 5) is 27.7. The van der Waals surface area contributed by atoms with Gasteiger partial charge in [-0.3, -0.25) is 4.79 Å². The molecule has 0 unspecified atom stereocenters. The summed E-state index contributed by atoms with van der Waals surface area (Å²) in [6, 6.07) is 5.68. The van der Waals surface area contributed by atoms with E-state index in [1.54, 1.807) is 18.6 Å². The average molecular weight is 339 g/mol. The molecule has 0 atom stereocenters. The highest BCUT2D eigenvalue weighted by Gasteiger charge is 2.21. The van der Waals surface area contributed by atoms with Crippen LogP contribution in [0.15, 0.2) is 35.5 Å². The van der Waals surface area contributed by atoms with E-state index in [0.717, 1.165) is 37.7 Å². The fourth-order valence-electron chi connectivity index (χ4n) is 3.95. The van der Waals surface area contributed by atoms with E-state index >= 15 is 0 Å². The first-order chi connectivity index (χ1) is 12.3. The van der Waals surface area contributed by atoms with Crippen molar-refractivity contribution in [1.82, 2.24) is 15.0 Å². The van der Waals surface area contributed by atoms with Crippen molar-refractivity contribution in [2.24, 2.45) is 0 Å². The van der Waals surface area contributed by atoms with Gasteiger partial charge in [-0.2, -0.15) is 0 Å². The Balaban J connectivity index is 1.42. The van der Waals surface area contributed by atoms with Crippen LogP contribution in [0.4, 0.5) is 11.5 Å². The number of H-pyrrole nitrogens is 1. The average Bonchev–Trinajstić information content (AvgIpc) is 2.70. The van der Waals surface area contributed by atoms with Gasteiger partial charge in [-0.25, -0.2) is 9.97 Å². The highest BCUT2D eigenvalue weighted by atomic mass is 16.1. The Kier molecular flexibility index (Phi) is 4.68. The number of nitrogens with one attached hydrogen (secondary N) is 1. The van der Waals surface area contributed by atoms with Crippen LogP contribution >= 0.6 is 0 Å². The van der Waals surface area contributed by atoms with Gasteiger partial charge in [0.1, 0.15) is 12.1 Å². The molecule has 1 N–H and O–H groups in total. The zero-order chi connectivity index (χ0) is 17.1. The molecule has 1 saturated carbocycles. The molecular weight excluding hydrogens is 314 g/mol. The zero-order valence-corrected chi connectivity index (χ0v) is 14.5.